The van der Waals surface area contributed by atoms with Crippen LogP contribution in [0.2, 0.25) is 0 Å². The van der Waals surface area contributed by atoms with Crippen LogP contribution in [0.25, 0.3) is 11.3 Å². The molecule has 0 spiro atoms. The Labute approximate surface area is 135 Å². The van der Waals surface area contributed by atoms with Crippen LogP contribution in [0.15, 0.2) is 30.3 Å². The number of benzene rings is 1. The van der Waals surface area contributed by atoms with Gasteiger partial charge in [0.05, 0.1) is 17.0 Å². The Kier molecular flexibility index (Phi) is 4.57. The lowest BCUT2D eigenvalue weighted by Crippen LogP contribution is -2.33. The van der Waals surface area contributed by atoms with E-state index >= 15 is 0 Å². The Hall–Kier alpha value is -1.82. The van der Waals surface area contributed by atoms with E-state index in [0.29, 0.717) is 22.5 Å². The molecule has 0 aliphatic rings. The standard InChI is InChI=1S/C18H23FN2O2/c1-11-14(17(2,3)22)9-15(18(4,23)10-20)21-16(11)12-5-7-13(19)8-6-12/h5-9,22-23H,10,20H2,1-4H3/t18-/m1/s1. The Morgan fingerprint density at radius 1 is 1.13 bits per heavy atom. The van der Waals surface area contributed by atoms with Gasteiger partial charge in [0.25, 0.3) is 0 Å². The molecule has 1 aromatic heterocycles. The van der Waals surface area contributed by atoms with E-state index < -0.39 is 11.2 Å². The molecule has 4 N–H and O–H groups in total. The molecule has 0 saturated heterocycles. The van der Waals surface area contributed by atoms with Crippen molar-refractivity contribution >= 4 is 0 Å². The Balaban J connectivity index is 2.75. The fourth-order valence-electron chi connectivity index (χ4n) is 2.51. The van der Waals surface area contributed by atoms with Gasteiger partial charge in [-0.3, -0.25) is 0 Å². The van der Waals surface area contributed by atoms with Gasteiger partial charge in [0.2, 0.25) is 0 Å². The molecular weight excluding hydrogens is 295 g/mol. The van der Waals surface area contributed by atoms with Crippen LogP contribution < -0.4 is 5.73 Å². The van der Waals surface area contributed by atoms with Crippen molar-refractivity contribution in [3.8, 4) is 11.3 Å². The summed E-state index contributed by atoms with van der Waals surface area (Å²) in [6.07, 6.45) is 0. The van der Waals surface area contributed by atoms with Crippen LogP contribution in [-0.4, -0.2) is 21.7 Å². The lowest BCUT2D eigenvalue weighted by Gasteiger charge is -2.27. The molecule has 0 fully saturated rings. The molecule has 0 bridgehead atoms. The van der Waals surface area contributed by atoms with Crippen molar-refractivity contribution in [3.05, 3.63) is 53.0 Å². The number of hydrogen-bond acceptors (Lipinski definition) is 4. The molecule has 23 heavy (non-hydrogen) atoms. The summed E-state index contributed by atoms with van der Waals surface area (Å²) in [6, 6.07) is 7.64. The molecule has 4 nitrogen and oxygen atoms in total. The van der Waals surface area contributed by atoms with Gasteiger partial charge in [-0.25, -0.2) is 9.37 Å². The largest absolute Gasteiger partial charge is 0.386 e. The molecule has 2 aromatic rings. The van der Waals surface area contributed by atoms with E-state index in [1.54, 1.807) is 39.0 Å². The normalized spacial score (nSPS) is 14.6. The van der Waals surface area contributed by atoms with Gasteiger partial charge in [-0.1, -0.05) is 0 Å². The number of nitrogens with zero attached hydrogens (tertiary/aromatic N) is 1. The lowest BCUT2D eigenvalue weighted by molar-refractivity contribution is 0.0593. The first-order valence-corrected chi connectivity index (χ1v) is 7.49. The summed E-state index contributed by atoms with van der Waals surface area (Å²) in [5.41, 5.74) is 6.32. The third-order valence-electron chi connectivity index (χ3n) is 4.00. The molecule has 1 aromatic carbocycles. The summed E-state index contributed by atoms with van der Waals surface area (Å²) in [4.78, 5) is 4.53. The molecule has 1 atom stereocenters. The highest BCUT2D eigenvalue weighted by Gasteiger charge is 2.29. The van der Waals surface area contributed by atoms with Crippen molar-refractivity contribution in [2.45, 2.75) is 38.9 Å². The summed E-state index contributed by atoms with van der Waals surface area (Å²) in [5.74, 6) is -0.334. The van der Waals surface area contributed by atoms with E-state index in [-0.39, 0.29) is 12.4 Å². The van der Waals surface area contributed by atoms with Crippen LogP contribution in [0.3, 0.4) is 0 Å². The summed E-state index contributed by atoms with van der Waals surface area (Å²) < 4.78 is 13.2. The van der Waals surface area contributed by atoms with Crippen molar-refractivity contribution in [2.24, 2.45) is 5.73 Å². The number of halogens is 1. The zero-order valence-corrected chi connectivity index (χ0v) is 13.9. The third kappa shape index (κ3) is 3.58. The highest BCUT2D eigenvalue weighted by atomic mass is 19.1. The topological polar surface area (TPSA) is 79.4 Å². The first-order chi connectivity index (χ1) is 10.6. The molecule has 0 radical (unpaired) electrons. The maximum absolute atomic E-state index is 13.2. The lowest BCUT2D eigenvalue weighted by atomic mass is 9.88. The van der Waals surface area contributed by atoms with Gasteiger partial charge in [-0.15, -0.1) is 0 Å². The first-order valence-electron chi connectivity index (χ1n) is 7.49. The van der Waals surface area contributed by atoms with Crippen LogP contribution in [0.4, 0.5) is 4.39 Å². The molecule has 0 amide bonds. The van der Waals surface area contributed by atoms with Gasteiger partial charge in [-0.2, -0.15) is 0 Å². The summed E-state index contributed by atoms with van der Waals surface area (Å²) in [6.45, 7) is 6.76. The second-order valence-corrected chi connectivity index (χ2v) is 6.57. The van der Waals surface area contributed by atoms with E-state index in [2.05, 4.69) is 4.98 Å². The molecule has 1 heterocycles. The second kappa shape index (κ2) is 6.00. The van der Waals surface area contributed by atoms with Gasteiger partial charge in [-0.05, 0) is 69.2 Å². The Morgan fingerprint density at radius 2 is 1.70 bits per heavy atom. The van der Waals surface area contributed by atoms with Crippen molar-refractivity contribution in [3.63, 3.8) is 0 Å². The first kappa shape index (κ1) is 17.5. The Bertz CT molecular complexity index is 704. The summed E-state index contributed by atoms with van der Waals surface area (Å²) >= 11 is 0. The molecule has 0 aliphatic heterocycles. The number of nitrogens with two attached hydrogens (primary N) is 1. The third-order valence-corrected chi connectivity index (χ3v) is 4.00. The van der Waals surface area contributed by atoms with E-state index in [9.17, 15) is 14.6 Å². The van der Waals surface area contributed by atoms with Crippen LogP contribution >= 0.6 is 0 Å². The minimum atomic E-state index is -1.32. The Morgan fingerprint density at radius 3 is 2.17 bits per heavy atom. The maximum atomic E-state index is 13.2. The molecule has 0 aliphatic carbocycles. The van der Waals surface area contributed by atoms with Gasteiger partial charge in [0.1, 0.15) is 11.4 Å². The fourth-order valence-corrected chi connectivity index (χ4v) is 2.51. The van der Waals surface area contributed by atoms with Crippen molar-refractivity contribution in [1.82, 2.24) is 4.98 Å². The molecule has 0 saturated carbocycles. The zero-order valence-electron chi connectivity index (χ0n) is 13.9. The van der Waals surface area contributed by atoms with Crippen molar-refractivity contribution in [2.75, 3.05) is 6.54 Å². The van der Waals surface area contributed by atoms with Crippen LogP contribution in [0.5, 0.6) is 0 Å². The molecular formula is C18H23FN2O2. The molecule has 2 rings (SSSR count). The van der Waals surface area contributed by atoms with Gasteiger partial charge >= 0.3 is 0 Å². The summed E-state index contributed by atoms with van der Waals surface area (Å²) in [5, 5.41) is 20.9. The van der Waals surface area contributed by atoms with Crippen LogP contribution in [0, 0.1) is 12.7 Å². The maximum Gasteiger partial charge on any atom is 0.123 e. The molecule has 0 unspecified atom stereocenters. The molecule has 124 valence electrons. The van der Waals surface area contributed by atoms with Crippen molar-refractivity contribution < 1.29 is 14.6 Å². The zero-order chi connectivity index (χ0) is 17.4. The van der Waals surface area contributed by atoms with Crippen LogP contribution in [0.1, 0.15) is 37.6 Å². The summed E-state index contributed by atoms with van der Waals surface area (Å²) in [7, 11) is 0. The highest BCUT2D eigenvalue weighted by molar-refractivity contribution is 5.65. The average molecular weight is 318 g/mol. The van der Waals surface area contributed by atoms with E-state index in [0.717, 1.165) is 5.56 Å². The predicted molar refractivity (Wildman–Crippen MR) is 88.2 cm³/mol. The van der Waals surface area contributed by atoms with E-state index in [4.69, 9.17) is 5.73 Å². The van der Waals surface area contributed by atoms with Gasteiger partial charge in [0, 0.05) is 12.1 Å². The monoisotopic (exact) mass is 318 g/mol. The SMILES string of the molecule is Cc1c(C(C)(C)O)cc([C@](C)(O)CN)nc1-c1ccc(F)cc1. The van der Waals surface area contributed by atoms with Crippen LogP contribution in [-0.2, 0) is 11.2 Å². The second-order valence-electron chi connectivity index (χ2n) is 6.57. The minimum absolute atomic E-state index is 0.00276. The van der Waals surface area contributed by atoms with E-state index in [1.165, 1.54) is 12.1 Å². The number of rotatable bonds is 4. The number of hydrogen-bond donors (Lipinski definition) is 3. The minimum Gasteiger partial charge on any atom is -0.386 e. The number of pyridine rings is 1. The smallest absolute Gasteiger partial charge is 0.123 e. The molecule has 5 heteroatoms. The predicted octanol–water partition coefficient (Wildman–Crippen LogP) is 2.59. The quantitative estimate of drug-likeness (QED) is 0.809. The van der Waals surface area contributed by atoms with Crippen molar-refractivity contribution in [1.29, 1.82) is 0 Å². The van der Waals surface area contributed by atoms with Gasteiger partial charge < -0.3 is 15.9 Å². The highest BCUT2D eigenvalue weighted by Crippen LogP contribution is 2.33. The van der Waals surface area contributed by atoms with Gasteiger partial charge in [0.15, 0.2) is 0 Å². The fraction of sp³-hybridized carbons (Fsp3) is 0.389. The average Bonchev–Trinajstić information content (AvgIpc) is 2.47. The number of aliphatic hydroxyl groups is 2. The van der Waals surface area contributed by atoms with E-state index in [1.807, 2.05) is 6.92 Å². The number of aromatic nitrogens is 1.